The van der Waals surface area contributed by atoms with Gasteiger partial charge in [-0.15, -0.1) is 0 Å². The smallest absolute Gasteiger partial charge is 0.412 e. The van der Waals surface area contributed by atoms with Crippen LogP contribution in [0.4, 0.5) is 10.5 Å². The average Bonchev–Trinajstić information content (AvgIpc) is 3.25. The monoisotopic (exact) mass is 476 g/mol. The lowest BCUT2D eigenvalue weighted by molar-refractivity contribution is -0.140. The number of ether oxygens (including phenoxy) is 1. The lowest BCUT2D eigenvalue weighted by Gasteiger charge is -2.16. The highest BCUT2D eigenvalue weighted by Crippen LogP contribution is 2.48. The highest BCUT2D eigenvalue weighted by Gasteiger charge is 2.56. The van der Waals surface area contributed by atoms with Gasteiger partial charge >= 0.3 is 17.8 Å². The number of aromatic nitrogens is 3. The van der Waals surface area contributed by atoms with E-state index in [2.05, 4.69) is 32.3 Å². The number of nitrogens with zero attached hydrogens (tertiary/aromatic N) is 3. The molecule has 5 rings (SSSR count). The van der Waals surface area contributed by atoms with Gasteiger partial charge in [0.2, 0.25) is 11.5 Å². The van der Waals surface area contributed by atoms with E-state index in [1.807, 2.05) is 31.2 Å². The van der Waals surface area contributed by atoms with Crippen molar-refractivity contribution in [1.29, 1.82) is 0 Å². The van der Waals surface area contributed by atoms with Gasteiger partial charge in [0.05, 0.1) is 0 Å². The van der Waals surface area contributed by atoms with E-state index in [4.69, 9.17) is 18.1 Å². The number of hydrogen-bond donors (Lipinski definition) is 2. The van der Waals surface area contributed by atoms with E-state index in [1.165, 1.54) is 0 Å². The molecule has 1 atom stereocenters. The van der Waals surface area contributed by atoms with Crippen LogP contribution in [0, 0.1) is 25.7 Å². The van der Waals surface area contributed by atoms with Crippen LogP contribution < -0.4 is 5.32 Å². The Morgan fingerprint density at radius 1 is 1.17 bits per heavy atom. The molecule has 35 heavy (non-hydrogen) atoms. The van der Waals surface area contributed by atoms with Crippen LogP contribution in [0.3, 0.4) is 0 Å². The van der Waals surface area contributed by atoms with Crippen molar-refractivity contribution in [2.45, 2.75) is 45.1 Å². The Morgan fingerprint density at radius 2 is 1.94 bits per heavy atom. The molecular formula is C24H20N4O7. The summed E-state index contributed by atoms with van der Waals surface area (Å²) in [6.45, 7) is 5.34. The largest absolute Gasteiger partial charge is 0.480 e. The number of hydrogen-bond acceptors (Lipinski definition) is 9. The summed E-state index contributed by atoms with van der Waals surface area (Å²) in [6, 6.07) is 7.63. The van der Waals surface area contributed by atoms with Crippen LogP contribution in [0.2, 0.25) is 0 Å². The first-order valence-electron chi connectivity index (χ1n) is 10.8. The fourth-order valence-electron chi connectivity index (χ4n) is 3.66. The number of aryl methyl sites for hydroxylation is 2. The standard InChI is InChI=1S/C24H20N4O7/c1-12-6-4-5-7-15(12)13(2)32-23(31)26-18-14(3)35-28-16(18)8-9-17-25-19-20(33-17)34-21(27-19)24(10-11-24)22(29)30/h4-7,13H,10-11H2,1-3H3,(H,26,31)(H,29,30). The minimum atomic E-state index is -1.10. The third kappa shape index (κ3) is 4.10. The summed E-state index contributed by atoms with van der Waals surface area (Å²) in [5.74, 6) is 4.80. The average molecular weight is 476 g/mol. The molecule has 2 N–H and O–H groups in total. The molecule has 0 saturated heterocycles. The molecule has 11 nitrogen and oxygen atoms in total. The number of carbonyl (C=O) groups is 2. The van der Waals surface area contributed by atoms with Crippen LogP contribution >= 0.6 is 0 Å². The van der Waals surface area contributed by atoms with Gasteiger partial charge in [0.25, 0.3) is 5.89 Å². The number of rotatable bonds is 5. The summed E-state index contributed by atoms with van der Waals surface area (Å²) in [7, 11) is 0. The molecule has 1 aromatic carbocycles. The molecule has 1 fully saturated rings. The van der Waals surface area contributed by atoms with Gasteiger partial charge in [0.1, 0.15) is 17.2 Å². The van der Waals surface area contributed by atoms with Crippen LogP contribution in [0.1, 0.15) is 60.2 Å². The van der Waals surface area contributed by atoms with Crippen molar-refractivity contribution in [3.63, 3.8) is 0 Å². The third-order valence-electron chi connectivity index (χ3n) is 5.83. The molecule has 0 bridgehead atoms. The maximum Gasteiger partial charge on any atom is 0.412 e. The zero-order valence-electron chi connectivity index (χ0n) is 19.0. The molecule has 3 aromatic heterocycles. The maximum absolute atomic E-state index is 12.5. The second-order valence-corrected chi connectivity index (χ2v) is 8.28. The Balaban J connectivity index is 1.30. The molecule has 1 aliphatic carbocycles. The van der Waals surface area contributed by atoms with E-state index in [9.17, 15) is 14.7 Å². The molecule has 1 aliphatic rings. The first-order valence-corrected chi connectivity index (χ1v) is 10.8. The number of benzene rings is 1. The van der Waals surface area contributed by atoms with Crippen LogP contribution in [0.15, 0.2) is 37.6 Å². The molecular weight excluding hydrogens is 456 g/mol. The zero-order valence-corrected chi connectivity index (χ0v) is 19.0. The summed E-state index contributed by atoms with van der Waals surface area (Å²) >= 11 is 0. The number of anilines is 1. The SMILES string of the molecule is Cc1ccccc1C(C)OC(=O)Nc1c(C#Cc2nc3nc(C4(C(=O)O)CC4)oc3o2)noc1C. The van der Waals surface area contributed by atoms with Gasteiger partial charge in [0, 0.05) is 5.92 Å². The highest BCUT2D eigenvalue weighted by atomic mass is 16.6. The van der Waals surface area contributed by atoms with E-state index >= 15 is 0 Å². The van der Waals surface area contributed by atoms with Gasteiger partial charge in [-0.3, -0.25) is 10.1 Å². The fourth-order valence-corrected chi connectivity index (χ4v) is 3.66. The number of aliphatic carboxylic acids is 1. The number of amides is 1. The maximum atomic E-state index is 12.5. The number of nitrogens with one attached hydrogen (secondary N) is 1. The van der Waals surface area contributed by atoms with Crippen LogP contribution in [0.5, 0.6) is 0 Å². The van der Waals surface area contributed by atoms with Crippen LogP contribution in [-0.4, -0.2) is 32.3 Å². The van der Waals surface area contributed by atoms with Crippen molar-refractivity contribution >= 4 is 29.2 Å². The second-order valence-electron chi connectivity index (χ2n) is 8.28. The molecule has 1 saturated carbocycles. The molecule has 178 valence electrons. The Bertz CT molecular complexity index is 1480. The fraction of sp³-hybridized carbons (Fsp3) is 0.292. The number of carbonyl (C=O) groups excluding carboxylic acids is 1. The van der Waals surface area contributed by atoms with E-state index in [0.717, 1.165) is 11.1 Å². The normalized spacial score (nSPS) is 14.7. The van der Waals surface area contributed by atoms with Crippen molar-refractivity contribution < 1.29 is 32.8 Å². The van der Waals surface area contributed by atoms with Gasteiger partial charge in [-0.2, -0.15) is 9.97 Å². The van der Waals surface area contributed by atoms with Crippen molar-refractivity contribution in [3.8, 4) is 11.8 Å². The summed E-state index contributed by atoms with van der Waals surface area (Å²) < 4.78 is 21.5. The number of oxazole rings is 2. The molecule has 0 spiro atoms. The Morgan fingerprint density at radius 3 is 2.63 bits per heavy atom. The van der Waals surface area contributed by atoms with Crippen molar-refractivity contribution in [2.24, 2.45) is 0 Å². The summed E-state index contributed by atoms with van der Waals surface area (Å²) in [5, 5.41) is 15.8. The molecule has 0 radical (unpaired) electrons. The molecule has 3 heterocycles. The Kier molecular flexibility index (Phi) is 5.28. The third-order valence-corrected chi connectivity index (χ3v) is 5.83. The van der Waals surface area contributed by atoms with Gasteiger partial charge in [-0.1, -0.05) is 29.4 Å². The van der Waals surface area contributed by atoms with E-state index in [1.54, 1.807) is 13.8 Å². The minimum absolute atomic E-state index is 0.0136. The van der Waals surface area contributed by atoms with Crippen LogP contribution in [0.25, 0.3) is 11.4 Å². The van der Waals surface area contributed by atoms with Crippen molar-refractivity contribution in [2.75, 3.05) is 5.32 Å². The molecule has 11 heteroatoms. The number of fused-ring (bicyclic) bond motifs is 1. The number of carboxylic acid groups (broad SMARTS) is 1. The van der Waals surface area contributed by atoms with E-state index in [-0.39, 0.29) is 34.6 Å². The lowest BCUT2D eigenvalue weighted by atomic mass is 10.1. The Labute approximate surface area is 198 Å². The molecule has 0 aliphatic heterocycles. The summed E-state index contributed by atoms with van der Waals surface area (Å²) in [5.41, 5.74) is 1.33. The van der Waals surface area contributed by atoms with Gasteiger partial charge in [0.15, 0.2) is 11.5 Å². The topological polar surface area (TPSA) is 154 Å². The predicted octanol–water partition coefficient (Wildman–Crippen LogP) is 4.25. The van der Waals surface area contributed by atoms with E-state index in [0.29, 0.717) is 18.6 Å². The first-order chi connectivity index (χ1) is 16.8. The quantitative estimate of drug-likeness (QED) is 0.400. The second kappa shape index (κ2) is 8.32. The summed E-state index contributed by atoms with van der Waals surface area (Å²) in [4.78, 5) is 32.2. The van der Waals surface area contributed by atoms with Gasteiger partial charge in [-0.25, -0.2) is 4.79 Å². The summed E-state index contributed by atoms with van der Waals surface area (Å²) in [6.07, 6.45) is -0.258. The highest BCUT2D eigenvalue weighted by molar-refractivity contribution is 5.87. The zero-order chi connectivity index (χ0) is 24.7. The molecule has 4 aromatic rings. The number of carboxylic acids is 1. The van der Waals surface area contributed by atoms with Crippen LogP contribution in [-0.2, 0) is 14.9 Å². The first kappa shape index (κ1) is 22.2. The van der Waals surface area contributed by atoms with Gasteiger partial charge in [-0.05, 0) is 50.7 Å². The van der Waals surface area contributed by atoms with Crippen molar-refractivity contribution in [1.82, 2.24) is 15.1 Å². The van der Waals surface area contributed by atoms with Crippen molar-refractivity contribution in [3.05, 3.63) is 58.6 Å². The Hall–Kier alpha value is -4.59. The molecule has 1 unspecified atom stereocenters. The lowest BCUT2D eigenvalue weighted by Crippen LogP contribution is -2.19. The van der Waals surface area contributed by atoms with Gasteiger partial charge < -0.3 is 23.2 Å². The minimum Gasteiger partial charge on any atom is -0.480 e. The molecule has 1 amide bonds. The predicted molar refractivity (Wildman–Crippen MR) is 120 cm³/mol. The van der Waals surface area contributed by atoms with E-state index < -0.39 is 23.6 Å².